The van der Waals surface area contributed by atoms with Gasteiger partial charge in [0.2, 0.25) is 5.91 Å². The second-order valence-electron chi connectivity index (χ2n) is 4.26. The number of carbonyl (C=O) groups excluding carboxylic acids is 1. The van der Waals surface area contributed by atoms with Gasteiger partial charge in [0, 0.05) is 13.6 Å². The van der Waals surface area contributed by atoms with E-state index >= 15 is 0 Å². The summed E-state index contributed by atoms with van der Waals surface area (Å²) >= 11 is 0. The van der Waals surface area contributed by atoms with E-state index < -0.39 is 11.9 Å². The summed E-state index contributed by atoms with van der Waals surface area (Å²) in [6.07, 6.45) is 0.671. The predicted molar refractivity (Wildman–Crippen MR) is 51.7 cm³/mol. The number of nitrogens with zero attached hydrogens (tertiary/aromatic N) is 1. The maximum Gasteiger partial charge on any atom is 0.307 e. The topological polar surface area (TPSA) is 57.6 Å². The summed E-state index contributed by atoms with van der Waals surface area (Å²) < 4.78 is 0. The van der Waals surface area contributed by atoms with Crippen LogP contribution >= 0.6 is 0 Å². The molecule has 0 aliphatic carbocycles. The van der Waals surface area contributed by atoms with Crippen molar-refractivity contribution in [2.75, 3.05) is 13.6 Å². The minimum absolute atomic E-state index is 0.00736. The zero-order chi connectivity index (χ0) is 10.9. The summed E-state index contributed by atoms with van der Waals surface area (Å²) in [4.78, 5) is 24.2. The van der Waals surface area contributed by atoms with Gasteiger partial charge in [0.25, 0.3) is 0 Å². The lowest BCUT2D eigenvalue weighted by Crippen LogP contribution is -2.34. The number of likely N-dealkylation sites (tertiary alicyclic amines) is 1. The molecule has 1 aliphatic heterocycles. The van der Waals surface area contributed by atoms with E-state index in [0.717, 1.165) is 0 Å². The maximum absolute atomic E-state index is 11.6. The second kappa shape index (κ2) is 3.98. The van der Waals surface area contributed by atoms with Gasteiger partial charge < -0.3 is 10.0 Å². The highest BCUT2D eigenvalue weighted by molar-refractivity contribution is 5.86. The van der Waals surface area contributed by atoms with E-state index in [4.69, 9.17) is 5.11 Å². The molecule has 4 nitrogen and oxygen atoms in total. The molecule has 0 bridgehead atoms. The van der Waals surface area contributed by atoms with E-state index in [1.54, 1.807) is 11.9 Å². The van der Waals surface area contributed by atoms with Crippen LogP contribution in [0.5, 0.6) is 0 Å². The summed E-state index contributed by atoms with van der Waals surface area (Å²) in [6.45, 7) is 4.38. The molecule has 0 aromatic heterocycles. The quantitative estimate of drug-likeness (QED) is 0.732. The molecule has 1 amide bonds. The highest BCUT2D eigenvalue weighted by Crippen LogP contribution is 2.30. The van der Waals surface area contributed by atoms with Gasteiger partial charge in [-0.25, -0.2) is 0 Å². The van der Waals surface area contributed by atoms with Crippen molar-refractivity contribution in [1.82, 2.24) is 4.90 Å². The van der Waals surface area contributed by atoms with Crippen LogP contribution in [0.4, 0.5) is 0 Å². The third-order valence-electron chi connectivity index (χ3n) is 2.91. The zero-order valence-corrected chi connectivity index (χ0v) is 8.86. The number of amides is 1. The summed E-state index contributed by atoms with van der Waals surface area (Å²) in [6, 6.07) is 0. The number of carbonyl (C=O) groups is 2. The van der Waals surface area contributed by atoms with E-state index in [-0.39, 0.29) is 17.7 Å². The number of aliphatic carboxylic acids is 1. The number of carboxylic acid groups (broad SMARTS) is 1. The van der Waals surface area contributed by atoms with E-state index in [9.17, 15) is 9.59 Å². The molecule has 1 rings (SSSR count). The molecule has 1 N–H and O–H groups in total. The van der Waals surface area contributed by atoms with Gasteiger partial charge in [0.15, 0.2) is 0 Å². The summed E-state index contributed by atoms with van der Waals surface area (Å²) in [7, 11) is 1.72. The van der Waals surface area contributed by atoms with E-state index in [0.29, 0.717) is 13.0 Å². The molecule has 1 aliphatic rings. The van der Waals surface area contributed by atoms with Gasteiger partial charge in [0.05, 0.1) is 11.8 Å². The van der Waals surface area contributed by atoms with Crippen LogP contribution in [0.3, 0.4) is 0 Å². The molecule has 0 radical (unpaired) electrons. The summed E-state index contributed by atoms with van der Waals surface area (Å²) in [5, 5.41) is 9.04. The SMILES string of the molecule is CC(C)C(C(=O)O)C1CCN(C)C1=O. The highest BCUT2D eigenvalue weighted by Gasteiger charge is 2.40. The minimum Gasteiger partial charge on any atom is -0.481 e. The van der Waals surface area contributed by atoms with Crippen LogP contribution < -0.4 is 0 Å². The van der Waals surface area contributed by atoms with Gasteiger partial charge >= 0.3 is 5.97 Å². The van der Waals surface area contributed by atoms with Crippen LogP contribution in [0, 0.1) is 17.8 Å². The molecule has 1 fully saturated rings. The maximum atomic E-state index is 11.6. The Kier molecular flexibility index (Phi) is 3.13. The Morgan fingerprint density at radius 2 is 2.14 bits per heavy atom. The number of hydrogen-bond donors (Lipinski definition) is 1. The molecule has 80 valence electrons. The first-order valence-electron chi connectivity index (χ1n) is 4.93. The van der Waals surface area contributed by atoms with Crippen molar-refractivity contribution in [1.29, 1.82) is 0 Å². The summed E-state index contributed by atoms with van der Waals surface area (Å²) in [5.74, 6) is -1.72. The fourth-order valence-electron chi connectivity index (χ4n) is 2.10. The first kappa shape index (κ1) is 11.0. The Hall–Kier alpha value is -1.06. The lowest BCUT2D eigenvalue weighted by molar-refractivity contribution is -0.149. The fraction of sp³-hybridized carbons (Fsp3) is 0.800. The molecule has 1 saturated heterocycles. The smallest absolute Gasteiger partial charge is 0.307 e. The highest BCUT2D eigenvalue weighted by atomic mass is 16.4. The first-order valence-corrected chi connectivity index (χ1v) is 4.93. The van der Waals surface area contributed by atoms with Crippen molar-refractivity contribution in [3.05, 3.63) is 0 Å². The number of carboxylic acids is 1. The molecular formula is C10H17NO3. The van der Waals surface area contributed by atoms with Crippen LogP contribution in [0.1, 0.15) is 20.3 Å². The van der Waals surface area contributed by atoms with Crippen molar-refractivity contribution >= 4 is 11.9 Å². The molecule has 1 heterocycles. The molecule has 0 spiro atoms. The average Bonchev–Trinajstić information content (AvgIpc) is 2.35. The fourth-order valence-corrected chi connectivity index (χ4v) is 2.10. The molecule has 14 heavy (non-hydrogen) atoms. The third-order valence-corrected chi connectivity index (χ3v) is 2.91. The van der Waals surface area contributed by atoms with E-state index in [1.165, 1.54) is 0 Å². The second-order valence-corrected chi connectivity index (χ2v) is 4.26. The molecule has 2 atom stereocenters. The van der Waals surface area contributed by atoms with Crippen molar-refractivity contribution in [3.8, 4) is 0 Å². The molecular weight excluding hydrogens is 182 g/mol. The summed E-state index contributed by atoms with van der Waals surface area (Å²) in [5.41, 5.74) is 0. The van der Waals surface area contributed by atoms with Gasteiger partial charge in [0.1, 0.15) is 0 Å². The van der Waals surface area contributed by atoms with Crippen LogP contribution in [0.15, 0.2) is 0 Å². The van der Waals surface area contributed by atoms with Crippen molar-refractivity contribution in [3.63, 3.8) is 0 Å². The molecule has 2 unspecified atom stereocenters. The van der Waals surface area contributed by atoms with Gasteiger partial charge in [-0.05, 0) is 12.3 Å². The predicted octanol–water partition coefficient (Wildman–Crippen LogP) is 0.822. The van der Waals surface area contributed by atoms with Crippen molar-refractivity contribution in [2.45, 2.75) is 20.3 Å². The van der Waals surface area contributed by atoms with Crippen molar-refractivity contribution < 1.29 is 14.7 Å². The molecule has 0 saturated carbocycles. The largest absolute Gasteiger partial charge is 0.481 e. The van der Waals surface area contributed by atoms with Crippen LogP contribution in [0.2, 0.25) is 0 Å². The Labute approximate surface area is 83.9 Å². The first-order chi connectivity index (χ1) is 6.45. The van der Waals surface area contributed by atoms with Crippen LogP contribution in [-0.4, -0.2) is 35.5 Å². The van der Waals surface area contributed by atoms with Crippen molar-refractivity contribution in [2.24, 2.45) is 17.8 Å². The van der Waals surface area contributed by atoms with Gasteiger partial charge in [-0.15, -0.1) is 0 Å². The average molecular weight is 199 g/mol. The third kappa shape index (κ3) is 1.89. The number of hydrogen-bond acceptors (Lipinski definition) is 2. The molecule has 4 heteroatoms. The molecule has 0 aromatic carbocycles. The monoisotopic (exact) mass is 199 g/mol. The standard InChI is InChI=1S/C10H17NO3/c1-6(2)8(10(13)14)7-4-5-11(3)9(7)12/h6-8H,4-5H2,1-3H3,(H,13,14). The Morgan fingerprint density at radius 1 is 1.57 bits per heavy atom. The Bertz CT molecular complexity index is 250. The zero-order valence-electron chi connectivity index (χ0n) is 8.86. The van der Waals surface area contributed by atoms with Gasteiger partial charge in [-0.1, -0.05) is 13.8 Å². The lowest BCUT2D eigenvalue weighted by Gasteiger charge is -2.21. The van der Waals surface area contributed by atoms with Crippen LogP contribution in [0.25, 0.3) is 0 Å². The Morgan fingerprint density at radius 3 is 2.43 bits per heavy atom. The van der Waals surface area contributed by atoms with Gasteiger partial charge in [-0.3, -0.25) is 9.59 Å². The number of rotatable bonds is 3. The van der Waals surface area contributed by atoms with E-state index in [1.807, 2.05) is 13.8 Å². The van der Waals surface area contributed by atoms with E-state index in [2.05, 4.69) is 0 Å². The molecule has 0 aromatic rings. The van der Waals surface area contributed by atoms with Gasteiger partial charge in [-0.2, -0.15) is 0 Å². The van der Waals surface area contributed by atoms with Crippen LogP contribution in [-0.2, 0) is 9.59 Å². The Balaban J connectivity index is 2.80. The minimum atomic E-state index is -0.853. The normalized spacial score (nSPS) is 24.4. The lowest BCUT2D eigenvalue weighted by atomic mass is 9.82.